The normalized spacial score (nSPS) is 10.6. The summed E-state index contributed by atoms with van der Waals surface area (Å²) in [7, 11) is 0. The zero-order chi connectivity index (χ0) is 17.1. The first-order valence-electron chi connectivity index (χ1n) is 7.77. The zero-order valence-electron chi connectivity index (χ0n) is 13.8. The van der Waals surface area contributed by atoms with Gasteiger partial charge in [-0.25, -0.2) is 4.98 Å². The van der Waals surface area contributed by atoms with Gasteiger partial charge in [0, 0.05) is 24.1 Å². The minimum absolute atomic E-state index is 0.179. The van der Waals surface area contributed by atoms with E-state index in [-0.39, 0.29) is 5.91 Å². The number of carbonyl (C=O) groups is 1. The van der Waals surface area contributed by atoms with Gasteiger partial charge in [0.05, 0.1) is 6.20 Å². The Hall–Kier alpha value is -3.08. The van der Waals surface area contributed by atoms with Gasteiger partial charge in [0.1, 0.15) is 11.3 Å². The third kappa shape index (κ3) is 3.30. The number of hydrogen-bond donors (Lipinski definition) is 2. The van der Waals surface area contributed by atoms with E-state index in [1.54, 1.807) is 10.6 Å². The Balaban J connectivity index is 1.83. The maximum absolute atomic E-state index is 12.6. The molecular weight excluding hydrogens is 300 g/mol. The minimum Gasteiger partial charge on any atom is -0.385 e. The van der Waals surface area contributed by atoms with Crippen LogP contribution in [0.3, 0.4) is 0 Å². The second kappa shape index (κ2) is 6.58. The summed E-state index contributed by atoms with van der Waals surface area (Å²) in [5, 5.41) is 6.18. The molecule has 5 nitrogen and oxygen atoms in total. The summed E-state index contributed by atoms with van der Waals surface area (Å²) in [5.74, 6) is -0.179. The van der Waals surface area contributed by atoms with E-state index in [0.29, 0.717) is 12.2 Å². The molecule has 2 heterocycles. The number of rotatable bonds is 5. The van der Waals surface area contributed by atoms with E-state index in [4.69, 9.17) is 0 Å². The maximum Gasteiger partial charge on any atom is 0.274 e. The summed E-state index contributed by atoms with van der Waals surface area (Å²) >= 11 is 0. The van der Waals surface area contributed by atoms with E-state index in [1.807, 2.05) is 56.4 Å². The minimum atomic E-state index is -0.179. The molecule has 0 radical (unpaired) electrons. The van der Waals surface area contributed by atoms with Gasteiger partial charge >= 0.3 is 0 Å². The second-order valence-electron chi connectivity index (χ2n) is 5.81. The summed E-state index contributed by atoms with van der Waals surface area (Å²) in [6.45, 7) is 8.40. The number of aryl methyl sites for hydroxylation is 1. The highest BCUT2D eigenvalue weighted by atomic mass is 16.1. The van der Waals surface area contributed by atoms with Gasteiger partial charge in [0.25, 0.3) is 5.91 Å². The van der Waals surface area contributed by atoms with E-state index in [2.05, 4.69) is 22.2 Å². The lowest BCUT2D eigenvalue weighted by atomic mass is 10.1. The molecule has 0 spiro atoms. The van der Waals surface area contributed by atoms with Gasteiger partial charge in [-0.2, -0.15) is 0 Å². The standard InChI is InChI=1S/C19H20N4O/c1-13(2)20-11-15-8-7-14(3)16(10-15)22-19(24)17-12-21-18-6-4-5-9-23(17)18/h4-10,12,20H,1,11H2,2-3H3,(H,22,24). The molecule has 2 aromatic heterocycles. The molecule has 0 fully saturated rings. The third-order valence-corrected chi connectivity index (χ3v) is 3.79. The molecule has 0 saturated carbocycles. The fraction of sp³-hybridized carbons (Fsp3) is 0.158. The van der Waals surface area contributed by atoms with Crippen LogP contribution in [0.5, 0.6) is 0 Å². The van der Waals surface area contributed by atoms with Crippen LogP contribution in [0.1, 0.15) is 28.5 Å². The number of hydrogen-bond acceptors (Lipinski definition) is 3. The molecule has 0 atom stereocenters. The highest BCUT2D eigenvalue weighted by Gasteiger charge is 2.13. The molecule has 122 valence electrons. The number of amides is 1. The fourth-order valence-corrected chi connectivity index (χ4v) is 2.45. The molecule has 1 amide bonds. The zero-order valence-corrected chi connectivity index (χ0v) is 13.8. The lowest BCUT2D eigenvalue weighted by Gasteiger charge is -2.11. The Labute approximate surface area is 141 Å². The number of nitrogens with zero attached hydrogens (tertiary/aromatic N) is 2. The van der Waals surface area contributed by atoms with Crippen LogP contribution in [0, 0.1) is 6.92 Å². The van der Waals surface area contributed by atoms with E-state index < -0.39 is 0 Å². The van der Waals surface area contributed by atoms with Crippen molar-refractivity contribution in [2.75, 3.05) is 5.32 Å². The number of benzene rings is 1. The van der Waals surface area contributed by atoms with E-state index in [1.165, 1.54) is 0 Å². The van der Waals surface area contributed by atoms with Crippen molar-refractivity contribution < 1.29 is 4.79 Å². The summed E-state index contributed by atoms with van der Waals surface area (Å²) in [5.41, 5.74) is 5.06. The smallest absolute Gasteiger partial charge is 0.274 e. The number of allylic oxidation sites excluding steroid dienone is 1. The average molecular weight is 320 g/mol. The van der Waals surface area contributed by atoms with Gasteiger partial charge in [0.15, 0.2) is 0 Å². The van der Waals surface area contributed by atoms with Crippen molar-refractivity contribution in [2.45, 2.75) is 20.4 Å². The van der Waals surface area contributed by atoms with E-state index in [9.17, 15) is 4.79 Å². The molecule has 0 aliphatic rings. The van der Waals surface area contributed by atoms with Crippen LogP contribution < -0.4 is 10.6 Å². The first-order chi connectivity index (χ1) is 11.5. The van der Waals surface area contributed by atoms with Crippen molar-refractivity contribution in [2.24, 2.45) is 0 Å². The molecular formula is C19H20N4O. The number of carbonyl (C=O) groups excluding carboxylic acids is 1. The Morgan fingerprint density at radius 2 is 2.12 bits per heavy atom. The van der Waals surface area contributed by atoms with Gasteiger partial charge in [-0.1, -0.05) is 24.8 Å². The number of imidazole rings is 1. The van der Waals surface area contributed by atoms with Crippen molar-refractivity contribution in [3.8, 4) is 0 Å². The van der Waals surface area contributed by atoms with Crippen molar-refractivity contribution in [3.63, 3.8) is 0 Å². The molecule has 24 heavy (non-hydrogen) atoms. The lowest BCUT2D eigenvalue weighted by Crippen LogP contribution is -2.16. The van der Waals surface area contributed by atoms with Crippen LogP contribution in [0.4, 0.5) is 5.69 Å². The first kappa shape index (κ1) is 15.8. The van der Waals surface area contributed by atoms with Gasteiger partial charge in [0.2, 0.25) is 0 Å². The number of pyridine rings is 1. The van der Waals surface area contributed by atoms with Crippen molar-refractivity contribution >= 4 is 17.2 Å². The number of anilines is 1. The Kier molecular flexibility index (Phi) is 4.33. The molecule has 0 aliphatic heterocycles. The molecule has 0 saturated heterocycles. The Bertz CT molecular complexity index is 911. The molecule has 0 bridgehead atoms. The number of nitrogens with one attached hydrogen (secondary N) is 2. The fourth-order valence-electron chi connectivity index (χ4n) is 2.45. The summed E-state index contributed by atoms with van der Waals surface area (Å²) in [6, 6.07) is 11.7. The Morgan fingerprint density at radius 3 is 2.92 bits per heavy atom. The molecule has 3 aromatic rings. The summed E-state index contributed by atoms with van der Waals surface area (Å²) in [4.78, 5) is 16.9. The largest absolute Gasteiger partial charge is 0.385 e. The lowest BCUT2D eigenvalue weighted by molar-refractivity contribution is 0.102. The SMILES string of the molecule is C=C(C)NCc1ccc(C)c(NC(=O)c2cnc3ccccn23)c1. The van der Waals surface area contributed by atoms with Crippen molar-refractivity contribution in [1.29, 1.82) is 0 Å². The number of aromatic nitrogens is 2. The van der Waals surface area contributed by atoms with Gasteiger partial charge in [-0.3, -0.25) is 9.20 Å². The van der Waals surface area contributed by atoms with E-state index in [0.717, 1.165) is 28.2 Å². The maximum atomic E-state index is 12.6. The van der Waals surface area contributed by atoms with Crippen LogP contribution >= 0.6 is 0 Å². The highest BCUT2D eigenvalue weighted by molar-refractivity contribution is 6.03. The van der Waals surface area contributed by atoms with E-state index >= 15 is 0 Å². The van der Waals surface area contributed by atoms with Crippen LogP contribution in [-0.4, -0.2) is 15.3 Å². The monoisotopic (exact) mass is 320 g/mol. The van der Waals surface area contributed by atoms with Crippen LogP contribution in [-0.2, 0) is 6.54 Å². The first-order valence-corrected chi connectivity index (χ1v) is 7.77. The van der Waals surface area contributed by atoms with Gasteiger partial charge < -0.3 is 10.6 Å². The quantitative estimate of drug-likeness (QED) is 0.756. The molecule has 0 unspecified atom stereocenters. The Morgan fingerprint density at radius 1 is 1.29 bits per heavy atom. The molecule has 2 N–H and O–H groups in total. The van der Waals surface area contributed by atoms with Crippen LogP contribution in [0.2, 0.25) is 0 Å². The number of fused-ring (bicyclic) bond motifs is 1. The predicted octanol–water partition coefficient (Wildman–Crippen LogP) is 3.52. The average Bonchev–Trinajstić information content (AvgIpc) is 2.99. The summed E-state index contributed by atoms with van der Waals surface area (Å²) in [6.07, 6.45) is 3.42. The second-order valence-corrected chi connectivity index (χ2v) is 5.81. The molecule has 5 heteroatoms. The van der Waals surface area contributed by atoms with Gasteiger partial charge in [-0.15, -0.1) is 0 Å². The highest BCUT2D eigenvalue weighted by Crippen LogP contribution is 2.18. The van der Waals surface area contributed by atoms with Gasteiger partial charge in [-0.05, 0) is 43.2 Å². The third-order valence-electron chi connectivity index (χ3n) is 3.79. The molecule has 0 aliphatic carbocycles. The summed E-state index contributed by atoms with van der Waals surface area (Å²) < 4.78 is 1.77. The molecule has 1 aromatic carbocycles. The van der Waals surface area contributed by atoms with Crippen molar-refractivity contribution in [1.82, 2.24) is 14.7 Å². The van der Waals surface area contributed by atoms with Crippen LogP contribution in [0.25, 0.3) is 5.65 Å². The predicted molar refractivity (Wildman–Crippen MR) is 96.0 cm³/mol. The van der Waals surface area contributed by atoms with Crippen molar-refractivity contribution in [3.05, 3.63) is 77.9 Å². The van der Waals surface area contributed by atoms with Crippen LogP contribution in [0.15, 0.2) is 61.1 Å². The topological polar surface area (TPSA) is 58.4 Å². The molecule has 3 rings (SSSR count).